The van der Waals surface area contributed by atoms with E-state index < -0.39 is 0 Å². The molecule has 0 aliphatic rings. The van der Waals surface area contributed by atoms with Crippen LogP contribution in [0.5, 0.6) is 0 Å². The number of aromatic amines is 1. The number of rotatable bonds is 4. The lowest BCUT2D eigenvalue weighted by atomic mass is 10.2. The van der Waals surface area contributed by atoms with Crippen LogP contribution in [0.2, 0.25) is 0 Å². The third kappa shape index (κ3) is 3.38. The van der Waals surface area contributed by atoms with Gasteiger partial charge in [-0.15, -0.1) is 0 Å². The minimum absolute atomic E-state index is 0.0801. The molecule has 0 saturated carbocycles. The highest BCUT2D eigenvalue weighted by Crippen LogP contribution is 2.32. The number of benzene rings is 2. The molecule has 0 spiro atoms. The van der Waals surface area contributed by atoms with Crippen molar-refractivity contribution in [1.29, 1.82) is 0 Å². The fourth-order valence-corrected chi connectivity index (χ4v) is 4.44. The van der Waals surface area contributed by atoms with E-state index in [1.165, 1.54) is 11.8 Å². The quantitative estimate of drug-likeness (QED) is 0.366. The van der Waals surface area contributed by atoms with Crippen molar-refractivity contribution >= 4 is 49.5 Å². The number of nitrogens with one attached hydrogen (secondary N) is 1. The van der Waals surface area contributed by atoms with Gasteiger partial charge in [-0.1, -0.05) is 39.8 Å². The molecule has 4 aromatic rings. The van der Waals surface area contributed by atoms with Crippen molar-refractivity contribution in [3.63, 3.8) is 0 Å². The van der Waals surface area contributed by atoms with E-state index in [9.17, 15) is 9.59 Å². The number of hydrogen-bond acceptors (Lipinski definition) is 5. The molecule has 6 nitrogen and oxygen atoms in total. The number of thioether (sulfide) groups is 1. The lowest BCUT2D eigenvalue weighted by Gasteiger charge is -2.15. The first kappa shape index (κ1) is 18.9. The maximum absolute atomic E-state index is 12.9. The highest BCUT2D eigenvalue weighted by Gasteiger charge is 2.17. The summed E-state index contributed by atoms with van der Waals surface area (Å²) in [4.78, 5) is 37.4. The molecule has 1 N–H and O–H groups in total. The average Bonchev–Trinajstić information content (AvgIpc) is 2.69. The van der Waals surface area contributed by atoms with E-state index in [0.29, 0.717) is 39.3 Å². The van der Waals surface area contributed by atoms with E-state index in [1.54, 1.807) is 16.7 Å². The Morgan fingerprint density at radius 2 is 1.86 bits per heavy atom. The minimum Gasteiger partial charge on any atom is -0.309 e. The van der Waals surface area contributed by atoms with Gasteiger partial charge >= 0.3 is 0 Å². The van der Waals surface area contributed by atoms with Gasteiger partial charge in [0.05, 0.1) is 27.1 Å². The monoisotopic (exact) mass is 456 g/mol. The van der Waals surface area contributed by atoms with E-state index in [-0.39, 0.29) is 16.4 Å². The van der Waals surface area contributed by atoms with Crippen LogP contribution in [0, 0.1) is 0 Å². The van der Waals surface area contributed by atoms with E-state index >= 15 is 0 Å². The van der Waals surface area contributed by atoms with Gasteiger partial charge in [-0.2, -0.15) is 0 Å². The van der Waals surface area contributed by atoms with E-state index in [4.69, 9.17) is 0 Å². The standard InChI is InChI=1S/C20H17BrN4O2S/c1-3-25-19(27)14-10-12(21)8-9-16(14)23-20(25)28-11(2)17-22-15-7-5-4-6-13(15)18(26)24-17/h4-11H,3H2,1-2H3,(H,22,24,26). The van der Waals surface area contributed by atoms with Crippen LogP contribution in [0.3, 0.4) is 0 Å². The van der Waals surface area contributed by atoms with Gasteiger partial charge in [0.1, 0.15) is 5.82 Å². The van der Waals surface area contributed by atoms with Crippen LogP contribution in [0.15, 0.2) is 61.7 Å². The second kappa shape index (κ2) is 7.52. The summed E-state index contributed by atoms with van der Waals surface area (Å²) in [7, 11) is 0. The van der Waals surface area contributed by atoms with Gasteiger partial charge in [-0.3, -0.25) is 14.2 Å². The highest BCUT2D eigenvalue weighted by molar-refractivity contribution is 9.10. The fraction of sp³-hybridized carbons (Fsp3) is 0.200. The summed E-state index contributed by atoms with van der Waals surface area (Å²) < 4.78 is 2.49. The number of hydrogen-bond donors (Lipinski definition) is 1. The molecule has 2 aromatic carbocycles. The van der Waals surface area contributed by atoms with Gasteiger partial charge in [-0.05, 0) is 44.2 Å². The summed E-state index contributed by atoms with van der Waals surface area (Å²) in [6.45, 7) is 4.36. The largest absolute Gasteiger partial charge is 0.309 e. The average molecular weight is 457 g/mol. The number of nitrogens with zero attached hydrogens (tertiary/aromatic N) is 3. The van der Waals surface area contributed by atoms with Crippen LogP contribution in [0.4, 0.5) is 0 Å². The van der Waals surface area contributed by atoms with E-state index in [2.05, 4.69) is 30.9 Å². The maximum Gasteiger partial charge on any atom is 0.262 e. The zero-order chi connectivity index (χ0) is 19.8. The molecule has 0 aliphatic heterocycles. The van der Waals surface area contributed by atoms with Gasteiger partial charge in [0.15, 0.2) is 5.16 Å². The molecule has 8 heteroatoms. The lowest BCUT2D eigenvalue weighted by molar-refractivity contribution is 0.632. The van der Waals surface area contributed by atoms with Crippen molar-refractivity contribution in [2.75, 3.05) is 0 Å². The number of para-hydroxylation sites is 1. The number of aromatic nitrogens is 4. The second-order valence-corrected chi connectivity index (χ2v) is 8.56. The van der Waals surface area contributed by atoms with Crippen molar-refractivity contribution in [2.45, 2.75) is 30.8 Å². The molecule has 2 aromatic heterocycles. The normalized spacial score (nSPS) is 12.5. The third-order valence-electron chi connectivity index (χ3n) is 4.50. The molecular formula is C20H17BrN4O2S. The van der Waals surface area contributed by atoms with E-state index in [0.717, 1.165) is 4.47 Å². The lowest BCUT2D eigenvalue weighted by Crippen LogP contribution is -2.23. The maximum atomic E-state index is 12.9. The number of H-pyrrole nitrogens is 1. The van der Waals surface area contributed by atoms with Crippen molar-refractivity contribution in [3.05, 3.63) is 73.5 Å². The van der Waals surface area contributed by atoms with Crippen molar-refractivity contribution < 1.29 is 0 Å². The molecule has 4 rings (SSSR count). The summed E-state index contributed by atoms with van der Waals surface area (Å²) in [5, 5.41) is 1.55. The Labute approximate surface area is 173 Å². The van der Waals surface area contributed by atoms with Gasteiger partial charge in [0, 0.05) is 11.0 Å². The second-order valence-electron chi connectivity index (χ2n) is 6.33. The predicted molar refractivity (Wildman–Crippen MR) is 116 cm³/mol. The first-order valence-corrected chi connectivity index (χ1v) is 10.5. The Morgan fingerprint density at radius 3 is 2.64 bits per heavy atom. The molecule has 142 valence electrons. The summed E-state index contributed by atoms with van der Waals surface area (Å²) in [5.41, 5.74) is 1.05. The first-order valence-electron chi connectivity index (χ1n) is 8.83. The van der Waals surface area contributed by atoms with Gasteiger partial charge in [0.2, 0.25) is 0 Å². The summed E-state index contributed by atoms with van der Waals surface area (Å²) in [6.07, 6.45) is 0. The molecule has 1 unspecified atom stereocenters. The zero-order valence-electron chi connectivity index (χ0n) is 15.3. The number of halogens is 1. The van der Waals surface area contributed by atoms with Crippen LogP contribution < -0.4 is 11.1 Å². The molecule has 0 fully saturated rings. The van der Waals surface area contributed by atoms with Crippen molar-refractivity contribution in [1.82, 2.24) is 19.5 Å². The molecule has 28 heavy (non-hydrogen) atoms. The smallest absolute Gasteiger partial charge is 0.262 e. The van der Waals surface area contributed by atoms with E-state index in [1.807, 2.05) is 44.2 Å². The Morgan fingerprint density at radius 1 is 1.11 bits per heavy atom. The van der Waals surface area contributed by atoms with Gasteiger partial charge in [0.25, 0.3) is 11.1 Å². The number of fused-ring (bicyclic) bond motifs is 2. The predicted octanol–water partition coefficient (Wildman–Crippen LogP) is 4.27. The third-order valence-corrected chi connectivity index (χ3v) is 6.09. The Hall–Kier alpha value is -2.45. The summed E-state index contributed by atoms with van der Waals surface area (Å²) >= 11 is 4.81. The molecule has 0 bridgehead atoms. The summed E-state index contributed by atoms with van der Waals surface area (Å²) in [5.74, 6) is 0.557. The molecule has 0 amide bonds. The van der Waals surface area contributed by atoms with Crippen molar-refractivity contribution in [3.8, 4) is 0 Å². The van der Waals surface area contributed by atoms with Crippen LogP contribution in [-0.2, 0) is 6.54 Å². The Kier molecular flexibility index (Phi) is 5.07. The van der Waals surface area contributed by atoms with Crippen molar-refractivity contribution in [2.24, 2.45) is 0 Å². The molecule has 1 atom stereocenters. The van der Waals surface area contributed by atoms with Crippen LogP contribution in [-0.4, -0.2) is 19.5 Å². The molecule has 0 saturated heterocycles. The summed E-state index contributed by atoms with van der Waals surface area (Å²) in [6, 6.07) is 12.7. The Bertz CT molecular complexity index is 1320. The molecule has 0 aliphatic carbocycles. The fourth-order valence-electron chi connectivity index (χ4n) is 3.05. The van der Waals surface area contributed by atoms with Gasteiger partial charge in [-0.25, -0.2) is 9.97 Å². The molecule has 2 heterocycles. The van der Waals surface area contributed by atoms with Crippen LogP contribution in [0.25, 0.3) is 21.8 Å². The molecular weight excluding hydrogens is 440 g/mol. The Balaban J connectivity index is 1.78. The molecule has 0 radical (unpaired) electrons. The zero-order valence-corrected chi connectivity index (χ0v) is 17.7. The van der Waals surface area contributed by atoms with Gasteiger partial charge < -0.3 is 4.98 Å². The van der Waals surface area contributed by atoms with Crippen LogP contribution in [0.1, 0.15) is 24.9 Å². The minimum atomic E-state index is -0.185. The first-order chi connectivity index (χ1) is 13.5. The van der Waals surface area contributed by atoms with Crippen LogP contribution >= 0.6 is 27.7 Å². The highest BCUT2D eigenvalue weighted by atomic mass is 79.9. The SMILES string of the molecule is CCn1c(SC(C)c2nc3ccccc3c(=O)[nH]2)nc2ccc(Br)cc2c1=O. The topological polar surface area (TPSA) is 80.6 Å².